The SMILES string of the molecule is Fc1cc(COC2CCCC3NNNC32)ccc1-c1noc(C(F)(F)F)n1. The molecule has 3 N–H and O–H groups in total. The molecule has 1 aromatic heterocycles. The van der Waals surface area contributed by atoms with Crippen LogP contribution in [-0.2, 0) is 17.5 Å². The van der Waals surface area contributed by atoms with Gasteiger partial charge in [0.15, 0.2) is 0 Å². The van der Waals surface area contributed by atoms with E-state index in [0.717, 1.165) is 19.3 Å². The minimum absolute atomic E-state index is 0.0273. The first kappa shape index (κ1) is 18.3. The molecule has 11 heteroatoms. The number of benzene rings is 1. The van der Waals surface area contributed by atoms with Gasteiger partial charge in [0.1, 0.15) is 5.82 Å². The van der Waals surface area contributed by atoms with E-state index in [0.29, 0.717) is 5.56 Å². The van der Waals surface area contributed by atoms with Gasteiger partial charge in [-0.1, -0.05) is 11.2 Å². The highest BCUT2D eigenvalue weighted by molar-refractivity contribution is 5.55. The highest BCUT2D eigenvalue weighted by atomic mass is 19.4. The average molecular weight is 387 g/mol. The van der Waals surface area contributed by atoms with E-state index < -0.39 is 23.7 Å². The number of aromatic nitrogens is 2. The summed E-state index contributed by atoms with van der Waals surface area (Å²) in [5.41, 5.74) is 9.55. The summed E-state index contributed by atoms with van der Waals surface area (Å²) in [7, 11) is 0. The summed E-state index contributed by atoms with van der Waals surface area (Å²) in [5.74, 6) is -2.70. The number of hydrogen-bond acceptors (Lipinski definition) is 7. The topological polar surface area (TPSA) is 84.2 Å². The standard InChI is InChI=1S/C16H17F4N5O2/c17-10-6-8(7-26-12-3-1-2-11-13(12)23-25-22-11)4-5-9(10)14-21-15(27-24-14)16(18,19)20/h4-6,11-13,22-23,25H,1-3,7H2. The van der Waals surface area contributed by atoms with Crippen LogP contribution in [0.3, 0.4) is 0 Å². The summed E-state index contributed by atoms with van der Waals surface area (Å²) in [6, 6.07) is 4.50. The maximum Gasteiger partial charge on any atom is 0.471 e. The molecule has 1 saturated heterocycles. The molecule has 7 nitrogen and oxygen atoms in total. The monoisotopic (exact) mass is 387 g/mol. The zero-order valence-corrected chi connectivity index (χ0v) is 14.0. The van der Waals surface area contributed by atoms with E-state index in [4.69, 9.17) is 4.74 Å². The van der Waals surface area contributed by atoms with Gasteiger partial charge in [0.2, 0.25) is 5.82 Å². The third kappa shape index (κ3) is 3.81. The van der Waals surface area contributed by atoms with Gasteiger partial charge in [-0.2, -0.15) is 23.7 Å². The van der Waals surface area contributed by atoms with E-state index in [9.17, 15) is 17.6 Å². The van der Waals surface area contributed by atoms with Crippen LogP contribution >= 0.6 is 0 Å². The quantitative estimate of drug-likeness (QED) is 0.695. The Morgan fingerprint density at radius 1 is 1.22 bits per heavy atom. The van der Waals surface area contributed by atoms with Crippen molar-refractivity contribution in [3.05, 3.63) is 35.5 Å². The minimum Gasteiger partial charge on any atom is -0.372 e. The normalized spacial score (nSPS) is 25.6. The summed E-state index contributed by atoms with van der Waals surface area (Å²) >= 11 is 0. The first-order chi connectivity index (χ1) is 12.9. The summed E-state index contributed by atoms with van der Waals surface area (Å²) < 4.78 is 62.0. The first-order valence-electron chi connectivity index (χ1n) is 8.49. The number of hydrazine groups is 2. The van der Waals surface area contributed by atoms with Gasteiger partial charge >= 0.3 is 12.1 Å². The van der Waals surface area contributed by atoms with Crippen molar-refractivity contribution in [1.82, 2.24) is 26.5 Å². The lowest BCUT2D eigenvalue weighted by Gasteiger charge is -2.32. The van der Waals surface area contributed by atoms with Gasteiger partial charge in [-0.3, -0.25) is 0 Å². The average Bonchev–Trinajstić information content (AvgIpc) is 3.29. The Labute approximate surface area is 151 Å². The van der Waals surface area contributed by atoms with E-state index in [-0.39, 0.29) is 30.4 Å². The molecule has 2 aliphatic rings. The minimum atomic E-state index is -4.77. The highest BCUT2D eigenvalue weighted by Crippen LogP contribution is 2.30. The van der Waals surface area contributed by atoms with Crippen molar-refractivity contribution in [1.29, 1.82) is 0 Å². The molecule has 1 aliphatic heterocycles. The van der Waals surface area contributed by atoms with Crippen molar-refractivity contribution in [3.8, 4) is 11.4 Å². The second-order valence-electron chi connectivity index (χ2n) is 6.56. The Hall–Kier alpha value is -2.08. The van der Waals surface area contributed by atoms with E-state index in [1.807, 2.05) is 0 Å². The van der Waals surface area contributed by atoms with Gasteiger partial charge in [0, 0.05) is 6.04 Å². The molecule has 0 amide bonds. The molecule has 0 spiro atoms. The van der Waals surface area contributed by atoms with Crippen LogP contribution in [-0.4, -0.2) is 28.3 Å². The Bertz CT molecular complexity index is 812. The molecule has 0 radical (unpaired) electrons. The predicted octanol–water partition coefficient (Wildman–Crippen LogP) is 2.31. The van der Waals surface area contributed by atoms with Crippen molar-refractivity contribution in [2.75, 3.05) is 0 Å². The summed E-state index contributed by atoms with van der Waals surface area (Å²) in [6.45, 7) is 0.187. The third-order valence-corrected chi connectivity index (χ3v) is 4.74. The van der Waals surface area contributed by atoms with Crippen LogP contribution in [0.15, 0.2) is 22.7 Å². The molecule has 0 bridgehead atoms. The fraction of sp³-hybridized carbons (Fsp3) is 0.500. The Morgan fingerprint density at radius 3 is 2.81 bits per heavy atom. The molecular formula is C16H17F4N5O2. The lowest BCUT2D eigenvalue weighted by Crippen LogP contribution is -2.48. The number of fused-ring (bicyclic) bond motifs is 1. The summed E-state index contributed by atoms with van der Waals surface area (Å²) in [6.07, 6.45) is -1.85. The Kier molecular flexibility index (Phi) is 4.84. The van der Waals surface area contributed by atoms with Crippen molar-refractivity contribution in [2.45, 2.75) is 50.2 Å². The van der Waals surface area contributed by atoms with Crippen LogP contribution in [0.25, 0.3) is 11.4 Å². The zero-order valence-electron chi connectivity index (χ0n) is 14.0. The van der Waals surface area contributed by atoms with Gasteiger partial charge in [-0.25, -0.2) is 15.2 Å². The largest absolute Gasteiger partial charge is 0.471 e. The van der Waals surface area contributed by atoms with Crippen LogP contribution in [0.2, 0.25) is 0 Å². The molecule has 2 aromatic rings. The molecule has 27 heavy (non-hydrogen) atoms. The maximum atomic E-state index is 14.3. The Balaban J connectivity index is 1.43. The predicted molar refractivity (Wildman–Crippen MR) is 84.1 cm³/mol. The van der Waals surface area contributed by atoms with Gasteiger partial charge in [-0.15, -0.1) is 0 Å². The molecule has 1 aromatic carbocycles. The molecule has 3 atom stereocenters. The Morgan fingerprint density at radius 2 is 2.07 bits per heavy atom. The lowest BCUT2D eigenvalue weighted by atomic mass is 9.89. The molecule has 146 valence electrons. The second kappa shape index (κ2) is 7.15. The van der Waals surface area contributed by atoms with Gasteiger partial charge < -0.3 is 9.26 Å². The van der Waals surface area contributed by atoms with Crippen LogP contribution in [0.5, 0.6) is 0 Å². The van der Waals surface area contributed by atoms with Crippen molar-refractivity contribution < 1.29 is 26.8 Å². The van der Waals surface area contributed by atoms with Crippen LogP contribution in [0.1, 0.15) is 30.7 Å². The molecule has 4 rings (SSSR count). The maximum absolute atomic E-state index is 14.3. The molecule has 2 fully saturated rings. The second-order valence-corrected chi connectivity index (χ2v) is 6.56. The highest BCUT2D eigenvalue weighted by Gasteiger charge is 2.39. The summed E-state index contributed by atoms with van der Waals surface area (Å²) in [4.78, 5) is 3.20. The van der Waals surface area contributed by atoms with Gasteiger partial charge in [0.05, 0.1) is 24.3 Å². The number of rotatable bonds is 4. The fourth-order valence-electron chi connectivity index (χ4n) is 3.40. The lowest BCUT2D eigenvalue weighted by molar-refractivity contribution is -0.159. The molecule has 3 unspecified atom stereocenters. The van der Waals surface area contributed by atoms with Gasteiger partial charge in [0.25, 0.3) is 0 Å². The van der Waals surface area contributed by atoms with E-state index >= 15 is 0 Å². The van der Waals surface area contributed by atoms with Crippen molar-refractivity contribution in [3.63, 3.8) is 0 Å². The molecule has 1 saturated carbocycles. The van der Waals surface area contributed by atoms with Crippen molar-refractivity contribution in [2.24, 2.45) is 0 Å². The number of alkyl halides is 3. The van der Waals surface area contributed by atoms with Crippen molar-refractivity contribution >= 4 is 0 Å². The smallest absolute Gasteiger partial charge is 0.372 e. The van der Waals surface area contributed by atoms with Crippen LogP contribution in [0, 0.1) is 5.82 Å². The van der Waals surface area contributed by atoms with Gasteiger partial charge in [-0.05, 0) is 37.0 Å². The number of hydrogen-bond donors (Lipinski definition) is 3. The van der Waals surface area contributed by atoms with E-state index in [1.165, 1.54) is 12.1 Å². The number of nitrogens with zero attached hydrogens (tertiary/aromatic N) is 2. The van der Waals surface area contributed by atoms with E-state index in [2.05, 4.69) is 31.1 Å². The fourth-order valence-corrected chi connectivity index (χ4v) is 3.40. The van der Waals surface area contributed by atoms with Crippen LogP contribution in [0.4, 0.5) is 17.6 Å². The summed E-state index contributed by atoms with van der Waals surface area (Å²) in [5, 5.41) is 3.20. The molecular weight excluding hydrogens is 370 g/mol. The zero-order chi connectivity index (χ0) is 19.0. The molecule has 1 aliphatic carbocycles. The number of nitrogens with one attached hydrogen (secondary N) is 3. The number of ether oxygens (including phenoxy) is 1. The molecule has 2 heterocycles. The van der Waals surface area contributed by atoms with E-state index in [1.54, 1.807) is 6.07 Å². The first-order valence-corrected chi connectivity index (χ1v) is 8.49. The van der Waals surface area contributed by atoms with Crippen LogP contribution < -0.4 is 16.4 Å². The number of halogens is 4. The third-order valence-electron chi connectivity index (χ3n) is 4.74.